The van der Waals surface area contributed by atoms with Gasteiger partial charge in [0.05, 0.1) is 25.8 Å². The van der Waals surface area contributed by atoms with Crippen molar-refractivity contribution >= 4 is 69.6 Å². The van der Waals surface area contributed by atoms with Crippen LogP contribution in [0.15, 0.2) is 42.6 Å². The van der Waals surface area contributed by atoms with Crippen molar-refractivity contribution in [2.75, 3.05) is 0 Å². The molecule has 0 aliphatic carbocycles. The van der Waals surface area contributed by atoms with Gasteiger partial charge in [0.1, 0.15) is 0 Å². The third kappa shape index (κ3) is 3.62. The minimum absolute atomic E-state index is 0.370. The molecule has 0 unspecified atom stereocenters. The van der Waals surface area contributed by atoms with E-state index < -0.39 is 0 Å². The summed E-state index contributed by atoms with van der Waals surface area (Å²) in [5.41, 5.74) is 2.76. The lowest BCUT2D eigenvalue weighted by molar-refractivity contribution is 1.32. The first-order chi connectivity index (χ1) is 11.4. The summed E-state index contributed by atoms with van der Waals surface area (Å²) < 4.78 is 0. The monoisotopic (exact) mass is 435 g/mol. The predicted molar refractivity (Wildman–Crippen MR) is 105 cm³/mol. The Kier molecular flexibility index (Phi) is 5.51. The summed E-state index contributed by atoms with van der Waals surface area (Å²) in [6.45, 7) is 0. The van der Waals surface area contributed by atoms with E-state index in [9.17, 15) is 0 Å². The van der Waals surface area contributed by atoms with Crippen molar-refractivity contribution in [3.8, 4) is 22.4 Å². The SMILES string of the molecule is Clc1cc(Cl)c(Cl)c(-c2ccc(-c3cc(Cl)cc(Cl)c3Cl)nc2)c1. The van der Waals surface area contributed by atoms with Crippen LogP contribution in [-0.2, 0) is 0 Å². The molecule has 1 aromatic heterocycles. The molecule has 0 atom stereocenters. The standard InChI is InChI=1S/C17H7Cl6N/c18-9-3-11(16(22)13(20)5-9)8-1-2-15(24-7-8)12-4-10(19)6-14(21)17(12)23/h1-7H. The Morgan fingerprint density at radius 3 is 1.71 bits per heavy atom. The molecule has 0 N–H and O–H groups in total. The summed E-state index contributed by atoms with van der Waals surface area (Å²) in [5, 5.41) is 2.54. The molecule has 0 spiro atoms. The van der Waals surface area contributed by atoms with E-state index in [0.29, 0.717) is 47.0 Å². The highest BCUT2D eigenvalue weighted by molar-refractivity contribution is 6.45. The molecule has 0 amide bonds. The van der Waals surface area contributed by atoms with Gasteiger partial charge in [0, 0.05) is 32.9 Å². The van der Waals surface area contributed by atoms with Crippen LogP contribution in [0.3, 0.4) is 0 Å². The van der Waals surface area contributed by atoms with Crippen molar-refractivity contribution in [3.63, 3.8) is 0 Å². The number of hydrogen-bond acceptors (Lipinski definition) is 1. The molecule has 0 aliphatic rings. The maximum absolute atomic E-state index is 6.25. The normalized spacial score (nSPS) is 10.9. The van der Waals surface area contributed by atoms with Crippen molar-refractivity contribution in [2.45, 2.75) is 0 Å². The fourth-order valence-electron chi connectivity index (χ4n) is 2.22. The second-order valence-electron chi connectivity index (χ2n) is 4.93. The average molecular weight is 438 g/mol. The third-order valence-corrected chi connectivity index (χ3v) is 5.38. The number of nitrogens with zero attached hydrogens (tertiary/aromatic N) is 1. The van der Waals surface area contributed by atoms with E-state index in [1.54, 1.807) is 36.5 Å². The van der Waals surface area contributed by atoms with Gasteiger partial charge in [-0.25, -0.2) is 0 Å². The van der Waals surface area contributed by atoms with Crippen LogP contribution in [0.25, 0.3) is 22.4 Å². The van der Waals surface area contributed by atoms with Crippen LogP contribution in [-0.4, -0.2) is 4.98 Å². The zero-order valence-corrected chi connectivity index (χ0v) is 16.3. The molecular weight excluding hydrogens is 431 g/mol. The summed E-state index contributed by atoms with van der Waals surface area (Å²) in [4.78, 5) is 4.42. The van der Waals surface area contributed by atoms with E-state index in [-0.39, 0.29) is 0 Å². The summed E-state index contributed by atoms with van der Waals surface area (Å²) in [5.74, 6) is 0. The third-order valence-electron chi connectivity index (χ3n) is 3.34. The lowest BCUT2D eigenvalue weighted by Crippen LogP contribution is -1.88. The number of pyridine rings is 1. The van der Waals surface area contributed by atoms with Crippen LogP contribution in [0.5, 0.6) is 0 Å². The van der Waals surface area contributed by atoms with E-state index >= 15 is 0 Å². The summed E-state index contributed by atoms with van der Waals surface area (Å²) >= 11 is 36.7. The van der Waals surface area contributed by atoms with Gasteiger partial charge in [-0.05, 0) is 30.3 Å². The molecule has 0 aliphatic heterocycles. The average Bonchev–Trinajstić information content (AvgIpc) is 2.54. The Labute approximate surface area is 169 Å². The molecule has 3 rings (SSSR count). The van der Waals surface area contributed by atoms with Gasteiger partial charge in [0.15, 0.2) is 0 Å². The first kappa shape index (κ1) is 18.1. The summed E-state index contributed by atoms with van der Waals surface area (Å²) in [6, 6.07) is 10.3. The number of halogens is 6. The zero-order chi connectivity index (χ0) is 17.4. The van der Waals surface area contributed by atoms with Crippen LogP contribution in [0, 0.1) is 0 Å². The van der Waals surface area contributed by atoms with E-state index in [1.807, 2.05) is 6.07 Å². The van der Waals surface area contributed by atoms with Gasteiger partial charge in [-0.2, -0.15) is 0 Å². The lowest BCUT2D eigenvalue weighted by Gasteiger charge is -2.10. The van der Waals surface area contributed by atoms with Crippen molar-refractivity contribution in [3.05, 3.63) is 72.7 Å². The van der Waals surface area contributed by atoms with E-state index in [2.05, 4.69) is 4.98 Å². The molecule has 7 heteroatoms. The number of benzene rings is 2. The van der Waals surface area contributed by atoms with Gasteiger partial charge < -0.3 is 0 Å². The van der Waals surface area contributed by atoms with Crippen molar-refractivity contribution in [1.29, 1.82) is 0 Å². The van der Waals surface area contributed by atoms with Crippen LogP contribution in [0.1, 0.15) is 0 Å². The topological polar surface area (TPSA) is 12.9 Å². The predicted octanol–water partition coefficient (Wildman–Crippen LogP) is 8.34. The highest BCUT2D eigenvalue weighted by Gasteiger charge is 2.13. The fourth-order valence-corrected chi connectivity index (χ4v) is 3.63. The maximum Gasteiger partial charge on any atom is 0.0718 e. The van der Waals surface area contributed by atoms with Gasteiger partial charge in [-0.3, -0.25) is 4.98 Å². The summed E-state index contributed by atoms with van der Waals surface area (Å²) in [6.07, 6.45) is 1.66. The van der Waals surface area contributed by atoms with E-state index in [4.69, 9.17) is 69.6 Å². The minimum Gasteiger partial charge on any atom is -0.256 e. The Morgan fingerprint density at radius 1 is 0.625 bits per heavy atom. The Hall–Kier alpha value is -0.670. The lowest BCUT2D eigenvalue weighted by atomic mass is 10.1. The van der Waals surface area contributed by atoms with Gasteiger partial charge in [0.2, 0.25) is 0 Å². The molecule has 0 fully saturated rings. The fraction of sp³-hybridized carbons (Fsp3) is 0. The molecule has 122 valence electrons. The molecule has 1 heterocycles. The smallest absolute Gasteiger partial charge is 0.0718 e. The highest BCUT2D eigenvalue weighted by atomic mass is 35.5. The number of rotatable bonds is 2. The minimum atomic E-state index is 0.370. The second-order valence-corrected chi connectivity index (χ2v) is 7.37. The largest absolute Gasteiger partial charge is 0.256 e. The van der Waals surface area contributed by atoms with Crippen LogP contribution < -0.4 is 0 Å². The molecule has 24 heavy (non-hydrogen) atoms. The van der Waals surface area contributed by atoms with Gasteiger partial charge in [-0.1, -0.05) is 75.7 Å². The first-order valence-corrected chi connectivity index (χ1v) is 8.89. The maximum atomic E-state index is 6.25. The van der Waals surface area contributed by atoms with E-state index in [1.165, 1.54) is 0 Å². The van der Waals surface area contributed by atoms with Gasteiger partial charge in [0.25, 0.3) is 0 Å². The first-order valence-electron chi connectivity index (χ1n) is 6.62. The van der Waals surface area contributed by atoms with Crippen LogP contribution in [0.2, 0.25) is 30.1 Å². The van der Waals surface area contributed by atoms with E-state index in [0.717, 1.165) is 5.56 Å². The molecule has 0 radical (unpaired) electrons. The zero-order valence-electron chi connectivity index (χ0n) is 11.8. The molecule has 0 saturated carbocycles. The molecular formula is C17H7Cl6N. The van der Waals surface area contributed by atoms with Gasteiger partial charge >= 0.3 is 0 Å². The van der Waals surface area contributed by atoms with Crippen molar-refractivity contribution in [1.82, 2.24) is 4.98 Å². The summed E-state index contributed by atoms with van der Waals surface area (Å²) in [7, 11) is 0. The molecule has 2 aromatic carbocycles. The quantitative estimate of drug-likeness (QED) is 0.367. The molecule has 0 bridgehead atoms. The van der Waals surface area contributed by atoms with Crippen LogP contribution in [0.4, 0.5) is 0 Å². The van der Waals surface area contributed by atoms with Gasteiger partial charge in [-0.15, -0.1) is 0 Å². The Balaban J connectivity index is 2.07. The second kappa shape index (κ2) is 7.29. The molecule has 0 saturated heterocycles. The molecule has 1 nitrogen and oxygen atoms in total. The highest BCUT2D eigenvalue weighted by Crippen LogP contribution is 2.38. The number of hydrogen-bond donors (Lipinski definition) is 0. The van der Waals surface area contributed by atoms with Crippen molar-refractivity contribution < 1.29 is 0 Å². The Morgan fingerprint density at radius 2 is 1.17 bits per heavy atom. The molecule has 3 aromatic rings. The Bertz CT molecular complexity index is 845. The van der Waals surface area contributed by atoms with Crippen LogP contribution >= 0.6 is 69.6 Å². The van der Waals surface area contributed by atoms with Crippen molar-refractivity contribution in [2.24, 2.45) is 0 Å². The number of aromatic nitrogens is 1.